The van der Waals surface area contributed by atoms with Gasteiger partial charge in [0.2, 0.25) is 0 Å². The van der Waals surface area contributed by atoms with Crippen LogP contribution in [0.5, 0.6) is 5.75 Å². The maximum absolute atomic E-state index is 5.97. The summed E-state index contributed by atoms with van der Waals surface area (Å²) in [6, 6.07) is 16.5. The number of hydrogen-bond donors (Lipinski definition) is 0. The smallest absolute Gasteiger partial charge is 0.138 e. The van der Waals surface area contributed by atoms with Crippen molar-refractivity contribution in [1.29, 1.82) is 0 Å². The van der Waals surface area contributed by atoms with E-state index in [1.807, 2.05) is 44.4 Å². The SMILES string of the molecule is CN(C)c1ccc(/C=C/c2cc3ccc(OCCN4CCOC4)cc3o2)cc1.Cl. The Balaban J connectivity index is 0.00000240. The summed E-state index contributed by atoms with van der Waals surface area (Å²) in [7, 11) is 4.08. The van der Waals surface area contributed by atoms with Crippen molar-refractivity contribution in [1.82, 2.24) is 4.90 Å². The van der Waals surface area contributed by atoms with E-state index in [0.29, 0.717) is 13.3 Å². The van der Waals surface area contributed by atoms with E-state index >= 15 is 0 Å². The van der Waals surface area contributed by atoms with Crippen LogP contribution in [0.2, 0.25) is 0 Å². The van der Waals surface area contributed by atoms with Crippen LogP contribution < -0.4 is 9.64 Å². The molecule has 0 unspecified atom stereocenters. The van der Waals surface area contributed by atoms with Crippen molar-refractivity contribution < 1.29 is 13.9 Å². The Morgan fingerprint density at radius 3 is 2.62 bits per heavy atom. The monoisotopic (exact) mass is 414 g/mol. The van der Waals surface area contributed by atoms with Gasteiger partial charge in [0.15, 0.2) is 0 Å². The Hall–Kier alpha value is -2.47. The number of hydrogen-bond acceptors (Lipinski definition) is 5. The molecule has 0 amide bonds. The van der Waals surface area contributed by atoms with Crippen molar-refractivity contribution >= 4 is 41.2 Å². The highest BCUT2D eigenvalue weighted by Crippen LogP contribution is 2.25. The normalized spacial score (nSPS) is 14.4. The van der Waals surface area contributed by atoms with Gasteiger partial charge in [-0.2, -0.15) is 0 Å². The molecule has 1 aromatic heterocycles. The average molecular weight is 415 g/mol. The van der Waals surface area contributed by atoms with E-state index in [9.17, 15) is 0 Å². The number of anilines is 1. The summed E-state index contributed by atoms with van der Waals surface area (Å²) >= 11 is 0. The van der Waals surface area contributed by atoms with Gasteiger partial charge in [-0.3, -0.25) is 4.90 Å². The minimum Gasteiger partial charge on any atom is -0.492 e. The van der Waals surface area contributed by atoms with E-state index in [4.69, 9.17) is 13.9 Å². The van der Waals surface area contributed by atoms with Crippen LogP contribution in [0.15, 0.2) is 52.9 Å². The number of rotatable bonds is 7. The zero-order chi connectivity index (χ0) is 19.3. The first-order valence-corrected chi connectivity index (χ1v) is 9.59. The number of halogens is 1. The van der Waals surface area contributed by atoms with Gasteiger partial charge in [-0.15, -0.1) is 12.4 Å². The molecule has 0 N–H and O–H groups in total. The summed E-state index contributed by atoms with van der Waals surface area (Å²) in [4.78, 5) is 4.32. The summed E-state index contributed by atoms with van der Waals surface area (Å²) in [5.74, 6) is 1.66. The lowest BCUT2D eigenvalue weighted by Gasteiger charge is -2.13. The lowest BCUT2D eigenvalue weighted by Crippen LogP contribution is -2.25. The Morgan fingerprint density at radius 1 is 1.07 bits per heavy atom. The lowest BCUT2D eigenvalue weighted by molar-refractivity contribution is 0.129. The third kappa shape index (κ3) is 5.54. The zero-order valence-electron chi connectivity index (χ0n) is 16.8. The van der Waals surface area contributed by atoms with Crippen LogP contribution >= 0.6 is 12.4 Å². The molecular weight excluding hydrogens is 388 g/mol. The Morgan fingerprint density at radius 2 is 1.90 bits per heavy atom. The Labute approximate surface area is 177 Å². The first-order chi connectivity index (χ1) is 13.7. The van der Waals surface area contributed by atoms with Gasteiger partial charge in [-0.05, 0) is 42.0 Å². The molecule has 4 rings (SSSR count). The summed E-state index contributed by atoms with van der Waals surface area (Å²) in [5, 5.41) is 1.07. The van der Waals surface area contributed by atoms with Crippen LogP contribution in [0, 0.1) is 0 Å². The van der Waals surface area contributed by atoms with Crippen molar-refractivity contribution in [2.45, 2.75) is 0 Å². The number of benzene rings is 2. The third-order valence-electron chi connectivity index (χ3n) is 4.86. The molecule has 6 heteroatoms. The van der Waals surface area contributed by atoms with Crippen molar-refractivity contribution in [3.63, 3.8) is 0 Å². The molecule has 154 valence electrons. The predicted molar refractivity (Wildman–Crippen MR) is 121 cm³/mol. The second kappa shape index (κ2) is 9.83. The molecule has 0 saturated carbocycles. The molecule has 1 aliphatic heterocycles. The molecule has 1 saturated heterocycles. The fraction of sp³-hybridized carbons (Fsp3) is 0.304. The van der Waals surface area contributed by atoms with Crippen molar-refractivity contribution in [3.8, 4) is 5.75 Å². The summed E-state index contributed by atoms with van der Waals surface area (Å²) in [6.07, 6.45) is 4.06. The van der Waals surface area contributed by atoms with Gasteiger partial charge in [0.1, 0.15) is 23.7 Å². The average Bonchev–Trinajstić information content (AvgIpc) is 3.35. The lowest BCUT2D eigenvalue weighted by atomic mass is 10.1. The Bertz CT molecular complexity index is 944. The predicted octanol–water partition coefficient (Wildman–Crippen LogP) is 4.76. The molecule has 1 aliphatic rings. The van der Waals surface area contributed by atoms with E-state index in [1.165, 1.54) is 5.69 Å². The van der Waals surface area contributed by atoms with E-state index in [-0.39, 0.29) is 12.4 Å². The van der Waals surface area contributed by atoms with Gasteiger partial charge in [0.25, 0.3) is 0 Å². The van der Waals surface area contributed by atoms with E-state index in [0.717, 1.165) is 47.7 Å². The highest BCUT2D eigenvalue weighted by Gasteiger charge is 2.11. The molecule has 0 aliphatic carbocycles. The van der Waals surface area contributed by atoms with Gasteiger partial charge in [-0.25, -0.2) is 0 Å². The number of fused-ring (bicyclic) bond motifs is 1. The van der Waals surface area contributed by atoms with Crippen LogP contribution in [0.25, 0.3) is 23.1 Å². The van der Waals surface area contributed by atoms with Crippen LogP contribution in [-0.4, -0.2) is 52.0 Å². The van der Waals surface area contributed by atoms with Crippen LogP contribution in [-0.2, 0) is 4.74 Å². The van der Waals surface area contributed by atoms with Gasteiger partial charge in [0, 0.05) is 44.3 Å². The molecule has 0 spiro atoms. The topological polar surface area (TPSA) is 38.1 Å². The molecule has 5 nitrogen and oxygen atoms in total. The number of ether oxygens (including phenoxy) is 2. The largest absolute Gasteiger partial charge is 0.492 e. The molecule has 0 atom stereocenters. The highest BCUT2D eigenvalue weighted by atomic mass is 35.5. The summed E-state index contributed by atoms with van der Waals surface area (Å²) in [6.45, 7) is 4.01. The maximum Gasteiger partial charge on any atom is 0.138 e. The van der Waals surface area contributed by atoms with Gasteiger partial charge < -0.3 is 18.8 Å². The summed E-state index contributed by atoms with van der Waals surface area (Å²) in [5.41, 5.74) is 3.16. The van der Waals surface area contributed by atoms with Gasteiger partial charge in [-0.1, -0.05) is 18.2 Å². The van der Waals surface area contributed by atoms with Crippen LogP contribution in [0.3, 0.4) is 0 Å². The summed E-state index contributed by atoms with van der Waals surface area (Å²) < 4.78 is 17.2. The van der Waals surface area contributed by atoms with E-state index < -0.39 is 0 Å². The first kappa shape index (κ1) is 21.2. The third-order valence-corrected chi connectivity index (χ3v) is 4.86. The van der Waals surface area contributed by atoms with Crippen molar-refractivity contribution in [2.24, 2.45) is 0 Å². The number of furan rings is 1. The van der Waals surface area contributed by atoms with Crippen LogP contribution in [0.4, 0.5) is 5.69 Å². The van der Waals surface area contributed by atoms with Gasteiger partial charge in [0.05, 0.1) is 13.3 Å². The zero-order valence-corrected chi connectivity index (χ0v) is 17.7. The van der Waals surface area contributed by atoms with Gasteiger partial charge >= 0.3 is 0 Å². The highest BCUT2D eigenvalue weighted by molar-refractivity contribution is 5.85. The minimum absolute atomic E-state index is 0. The van der Waals surface area contributed by atoms with E-state index in [1.54, 1.807) is 0 Å². The van der Waals surface area contributed by atoms with Crippen molar-refractivity contribution in [2.75, 3.05) is 52.0 Å². The minimum atomic E-state index is 0. The first-order valence-electron chi connectivity index (χ1n) is 9.59. The molecule has 0 bridgehead atoms. The van der Waals surface area contributed by atoms with Crippen LogP contribution in [0.1, 0.15) is 11.3 Å². The fourth-order valence-electron chi connectivity index (χ4n) is 3.19. The molecule has 0 radical (unpaired) electrons. The molecule has 2 aromatic carbocycles. The molecule has 29 heavy (non-hydrogen) atoms. The molecule has 3 aromatic rings. The van der Waals surface area contributed by atoms with E-state index in [2.05, 4.69) is 40.1 Å². The quantitative estimate of drug-likeness (QED) is 0.557. The second-order valence-corrected chi connectivity index (χ2v) is 7.17. The Kier molecular flexibility index (Phi) is 7.20. The maximum atomic E-state index is 5.97. The second-order valence-electron chi connectivity index (χ2n) is 7.17. The number of nitrogens with zero attached hydrogens (tertiary/aromatic N) is 2. The molecular formula is C23H27ClN2O3. The standard InChI is InChI=1S/C23H26N2O3.ClH/c1-24(2)20-7-3-18(4-8-20)5-9-22-15-19-6-10-21(16-23(19)28-22)27-14-12-25-11-13-26-17-25;/h3-10,15-16H,11-14,17H2,1-2H3;1H/b9-5+;. The molecule has 1 fully saturated rings. The molecule has 2 heterocycles. The van der Waals surface area contributed by atoms with Crippen molar-refractivity contribution in [3.05, 3.63) is 59.9 Å². The fourth-order valence-corrected chi connectivity index (χ4v) is 3.19.